The van der Waals surface area contributed by atoms with Crippen LogP contribution in [0.5, 0.6) is 11.5 Å². The van der Waals surface area contributed by atoms with E-state index in [4.69, 9.17) is 21.1 Å². The third-order valence-electron chi connectivity index (χ3n) is 3.89. The van der Waals surface area contributed by atoms with E-state index in [0.29, 0.717) is 38.7 Å². The smallest absolute Gasteiger partial charge is 0.308 e. The van der Waals surface area contributed by atoms with Crippen molar-refractivity contribution in [3.05, 3.63) is 58.7 Å². The van der Waals surface area contributed by atoms with Gasteiger partial charge in [-0.05, 0) is 49.4 Å². The fraction of sp³-hybridized carbons (Fsp3) is 0.158. The van der Waals surface area contributed by atoms with Crippen molar-refractivity contribution in [3.63, 3.8) is 0 Å². The second-order valence-corrected chi connectivity index (χ2v) is 5.98. The monoisotopic (exact) mass is 434 g/mol. The van der Waals surface area contributed by atoms with E-state index in [0.717, 1.165) is 0 Å². The van der Waals surface area contributed by atoms with Crippen molar-refractivity contribution in [2.75, 3.05) is 7.11 Å². The van der Waals surface area contributed by atoms with Crippen molar-refractivity contribution in [2.45, 2.75) is 13.8 Å². The number of carbonyl (C=O) groups is 2. The molecule has 0 unspecified atom stereocenters. The zero-order valence-electron chi connectivity index (χ0n) is 16.5. The molecule has 0 bridgehead atoms. The summed E-state index contributed by atoms with van der Waals surface area (Å²) in [4.78, 5) is 24.5. The van der Waals surface area contributed by atoms with Gasteiger partial charge in [0, 0.05) is 52.5 Å². The Labute approximate surface area is 194 Å². The number of benzene rings is 2. The third-order valence-corrected chi connectivity index (χ3v) is 4.15. The number of nitrogens with zero attached hydrogens (tertiary/aromatic N) is 1. The van der Waals surface area contributed by atoms with Gasteiger partial charge in [0.1, 0.15) is 5.75 Å². The van der Waals surface area contributed by atoms with Gasteiger partial charge in [-0.1, -0.05) is 11.6 Å². The van der Waals surface area contributed by atoms with Gasteiger partial charge in [0.2, 0.25) is 0 Å². The van der Waals surface area contributed by atoms with Crippen molar-refractivity contribution in [1.82, 2.24) is 4.57 Å². The van der Waals surface area contributed by atoms with Crippen LogP contribution in [0.1, 0.15) is 23.0 Å². The SMILES string of the molecule is COc1ccc2c(c1)c(OC(C)=O)c(C)n2C(=O)c1ccc(Cl)cc1.O.O.O.[Na]. The molecule has 6 N–H and O–H groups in total. The molecular weight excluding hydrogens is 413 g/mol. The molecular formula is C19H22ClNNaO7. The van der Waals surface area contributed by atoms with Gasteiger partial charge in [-0.2, -0.15) is 0 Å². The Balaban J connectivity index is 0. The van der Waals surface area contributed by atoms with Crippen LogP contribution in [0.3, 0.4) is 0 Å². The van der Waals surface area contributed by atoms with E-state index < -0.39 is 5.97 Å². The van der Waals surface area contributed by atoms with Crippen LogP contribution in [0.4, 0.5) is 0 Å². The molecule has 0 aliphatic heterocycles. The molecule has 0 aliphatic rings. The number of esters is 1. The van der Waals surface area contributed by atoms with Crippen LogP contribution in [0.25, 0.3) is 10.9 Å². The van der Waals surface area contributed by atoms with Gasteiger partial charge < -0.3 is 25.9 Å². The number of hydrogen-bond donors (Lipinski definition) is 0. The molecule has 8 nitrogen and oxygen atoms in total. The van der Waals surface area contributed by atoms with E-state index in [9.17, 15) is 9.59 Å². The predicted octanol–water partition coefficient (Wildman–Crippen LogP) is 1.37. The molecule has 0 amide bonds. The van der Waals surface area contributed by atoms with Gasteiger partial charge >= 0.3 is 5.97 Å². The Hall–Kier alpha value is -1.91. The Bertz CT molecular complexity index is 986. The normalized spacial score (nSPS) is 9.24. The largest absolute Gasteiger partial charge is 0.497 e. The van der Waals surface area contributed by atoms with Crippen molar-refractivity contribution in [3.8, 4) is 11.5 Å². The molecule has 29 heavy (non-hydrogen) atoms. The minimum Gasteiger partial charge on any atom is -0.497 e. The Morgan fingerprint density at radius 1 is 1.00 bits per heavy atom. The molecule has 10 heteroatoms. The second kappa shape index (κ2) is 11.9. The van der Waals surface area contributed by atoms with Crippen LogP contribution in [-0.2, 0) is 4.79 Å². The molecule has 0 spiro atoms. The van der Waals surface area contributed by atoms with Gasteiger partial charge in [0.05, 0.1) is 18.3 Å². The summed E-state index contributed by atoms with van der Waals surface area (Å²) >= 11 is 5.89. The summed E-state index contributed by atoms with van der Waals surface area (Å²) in [7, 11) is 1.55. The van der Waals surface area contributed by atoms with Crippen molar-refractivity contribution in [1.29, 1.82) is 0 Å². The van der Waals surface area contributed by atoms with Crippen LogP contribution >= 0.6 is 11.6 Å². The van der Waals surface area contributed by atoms with Crippen molar-refractivity contribution >= 4 is 63.9 Å². The van der Waals surface area contributed by atoms with Gasteiger partial charge in [-0.15, -0.1) is 0 Å². The summed E-state index contributed by atoms with van der Waals surface area (Å²) in [5.41, 5.74) is 1.66. The average molecular weight is 435 g/mol. The fourth-order valence-corrected chi connectivity index (χ4v) is 2.88. The van der Waals surface area contributed by atoms with Gasteiger partial charge in [-0.3, -0.25) is 14.2 Å². The molecule has 0 aliphatic carbocycles. The van der Waals surface area contributed by atoms with Crippen LogP contribution in [0.15, 0.2) is 42.5 Å². The minimum absolute atomic E-state index is 0. The third kappa shape index (κ3) is 5.80. The van der Waals surface area contributed by atoms with Crippen LogP contribution in [0.2, 0.25) is 5.02 Å². The maximum Gasteiger partial charge on any atom is 0.308 e. The van der Waals surface area contributed by atoms with Crippen LogP contribution in [0, 0.1) is 6.92 Å². The number of fused-ring (bicyclic) bond motifs is 1. The van der Waals surface area contributed by atoms with E-state index >= 15 is 0 Å². The Morgan fingerprint density at radius 3 is 2.10 bits per heavy atom. The summed E-state index contributed by atoms with van der Waals surface area (Å²) in [6, 6.07) is 11.9. The fourth-order valence-electron chi connectivity index (χ4n) is 2.75. The first kappa shape index (κ1) is 29.3. The molecule has 1 aromatic heterocycles. The first-order valence-electron chi connectivity index (χ1n) is 7.60. The van der Waals surface area contributed by atoms with Gasteiger partial charge in [-0.25, -0.2) is 0 Å². The summed E-state index contributed by atoms with van der Waals surface area (Å²) in [5.74, 6) is 0.271. The van der Waals surface area contributed by atoms with Gasteiger partial charge in [0.25, 0.3) is 5.91 Å². The zero-order chi connectivity index (χ0) is 18.1. The summed E-state index contributed by atoms with van der Waals surface area (Å²) in [6.45, 7) is 3.06. The second-order valence-electron chi connectivity index (χ2n) is 5.54. The Morgan fingerprint density at radius 2 is 1.59 bits per heavy atom. The van der Waals surface area contributed by atoms with Crippen molar-refractivity contribution < 1.29 is 35.5 Å². The Kier molecular flexibility index (Phi) is 12.1. The molecule has 0 fully saturated rings. The zero-order valence-corrected chi connectivity index (χ0v) is 19.3. The number of aromatic nitrogens is 1. The predicted molar refractivity (Wildman–Crippen MR) is 112 cm³/mol. The standard InChI is InChI=1S/C19H16ClNO4.Na.3H2O/c1-11-18(25-12(2)22)16-10-15(24-3)8-9-17(16)21(11)19(23)13-4-6-14(20)7-5-13;;;;/h4-10H,1-3H3;;3*1H2. The molecule has 1 radical (unpaired) electrons. The average Bonchev–Trinajstić information content (AvgIpc) is 2.86. The molecule has 1 heterocycles. The maximum atomic E-state index is 13.0. The summed E-state index contributed by atoms with van der Waals surface area (Å²) < 4.78 is 12.1. The molecule has 2 aromatic carbocycles. The van der Waals surface area contributed by atoms with E-state index in [-0.39, 0.29) is 51.9 Å². The number of ether oxygens (including phenoxy) is 2. The number of halogens is 1. The number of rotatable bonds is 3. The molecule has 0 saturated carbocycles. The van der Waals surface area contributed by atoms with E-state index in [2.05, 4.69) is 0 Å². The summed E-state index contributed by atoms with van der Waals surface area (Å²) in [6.07, 6.45) is 0. The molecule has 3 aromatic rings. The quantitative estimate of drug-likeness (QED) is 0.451. The van der Waals surface area contributed by atoms with E-state index in [1.807, 2.05) is 0 Å². The first-order chi connectivity index (χ1) is 11.9. The minimum atomic E-state index is -0.455. The first-order valence-corrected chi connectivity index (χ1v) is 7.98. The molecule has 0 atom stereocenters. The number of carbonyl (C=O) groups excluding carboxylic acids is 2. The van der Waals surface area contributed by atoms with Gasteiger partial charge in [0.15, 0.2) is 5.75 Å². The van der Waals surface area contributed by atoms with Crippen molar-refractivity contribution in [2.24, 2.45) is 0 Å². The molecule has 0 saturated heterocycles. The molecule has 153 valence electrons. The number of methoxy groups -OCH3 is 1. The maximum absolute atomic E-state index is 13.0. The van der Waals surface area contributed by atoms with E-state index in [1.165, 1.54) is 11.5 Å². The molecule has 3 rings (SSSR count). The van der Waals surface area contributed by atoms with Crippen LogP contribution < -0.4 is 9.47 Å². The summed E-state index contributed by atoms with van der Waals surface area (Å²) in [5, 5.41) is 1.19. The van der Waals surface area contributed by atoms with Crippen LogP contribution in [-0.4, -0.2) is 69.5 Å². The topological polar surface area (TPSA) is 152 Å². The number of hydrogen-bond acceptors (Lipinski definition) is 4. The van der Waals surface area contributed by atoms with E-state index in [1.54, 1.807) is 56.5 Å².